The van der Waals surface area contributed by atoms with Gasteiger partial charge in [0.1, 0.15) is 11.4 Å². The van der Waals surface area contributed by atoms with E-state index in [1.165, 1.54) is 0 Å². The molecule has 4 heteroatoms. The largest absolute Gasteiger partial charge is 0.444 e. The maximum Gasteiger partial charge on any atom is 0.408 e. The zero-order valence-electron chi connectivity index (χ0n) is 12.0. The second kappa shape index (κ2) is 5.72. The van der Waals surface area contributed by atoms with Crippen molar-refractivity contribution in [2.45, 2.75) is 77.4 Å². The van der Waals surface area contributed by atoms with Crippen LogP contribution in [-0.2, 0) is 9.53 Å². The number of hydrogen-bond acceptors (Lipinski definition) is 3. The summed E-state index contributed by atoms with van der Waals surface area (Å²) in [6, 6.07) is 0. The number of hydrogen-bond donors (Lipinski definition) is 1. The van der Waals surface area contributed by atoms with Gasteiger partial charge in [-0.05, 0) is 40.0 Å². The van der Waals surface area contributed by atoms with Crippen LogP contribution in [0, 0.1) is 0 Å². The first-order valence-corrected chi connectivity index (χ1v) is 6.79. The third-order valence-corrected chi connectivity index (χ3v) is 3.26. The molecule has 4 nitrogen and oxygen atoms in total. The lowest BCUT2D eigenvalue weighted by Crippen LogP contribution is -2.52. The lowest BCUT2D eigenvalue weighted by molar-refractivity contribution is -0.121. The van der Waals surface area contributed by atoms with E-state index in [0.29, 0.717) is 18.6 Å². The Morgan fingerprint density at radius 3 is 2.33 bits per heavy atom. The summed E-state index contributed by atoms with van der Waals surface area (Å²) < 4.78 is 5.30. The molecular weight excluding hydrogens is 230 g/mol. The van der Waals surface area contributed by atoms with Gasteiger partial charge in [0.15, 0.2) is 0 Å². The number of carbonyl (C=O) groups excluding carboxylic acids is 2. The van der Waals surface area contributed by atoms with Crippen LogP contribution >= 0.6 is 0 Å². The summed E-state index contributed by atoms with van der Waals surface area (Å²) in [5.74, 6) is 0.299. The van der Waals surface area contributed by atoms with Gasteiger partial charge in [-0.25, -0.2) is 4.79 Å². The molecule has 1 saturated carbocycles. The molecule has 1 N–H and O–H groups in total. The molecule has 1 aliphatic rings. The second-order valence-electron chi connectivity index (χ2n) is 6.20. The van der Waals surface area contributed by atoms with Crippen LogP contribution in [0.4, 0.5) is 4.79 Å². The Hall–Kier alpha value is -1.06. The first-order chi connectivity index (χ1) is 8.26. The van der Waals surface area contributed by atoms with Crippen LogP contribution in [0.2, 0.25) is 0 Å². The van der Waals surface area contributed by atoms with Gasteiger partial charge < -0.3 is 10.1 Å². The van der Waals surface area contributed by atoms with Gasteiger partial charge in [-0.1, -0.05) is 13.3 Å². The molecule has 0 atom stereocenters. The van der Waals surface area contributed by atoms with E-state index >= 15 is 0 Å². The zero-order chi connectivity index (χ0) is 13.8. The first-order valence-electron chi connectivity index (χ1n) is 6.79. The Bertz CT molecular complexity index is 307. The molecule has 0 heterocycles. The fourth-order valence-corrected chi connectivity index (χ4v) is 2.44. The van der Waals surface area contributed by atoms with Gasteiger partial charge in [0.2, 0.25) is 0 Å². The normalized spacial score (nSPS) is 19.4. The number of nitrogens with one attached hydrogen (secondary N) is 1. The van der Waals surface area contributed by atoms with Crippen molar-refractivity contribution in [2.24, 2.45) is 0 Å². The fourth-order valence-electron chi connectivity index (χ4n) is 2.44. The van der Waals surface area contributed by atoms with Crippen LogP contribution in [0.3, 0.4) is 0 Å². The third-order valence-electron chi connectivity index (χ3n) is 3.26. The molecular formula is C14H25NO3. The molecule has 1 fully saturated rings. The van der Waals surface area contributed by atoms with Gasteiger partial charge in [0, 0.05) is 18.4 Å². The standard InChI is InChI=1S/C14H25NO3/c1-5-8-14(9-6-11(16)7-10-14)15-12(17)18-13(2,3)4/h5-10H2,1-4H3,(H,15,17). The van der Waals surface area contributed by atoms with Crippen LogP contribution in [0.15, 0.2) is 0 Å². The minimum Gasteiger partial charge on any atom is -0.444 e. The number of Topliss-reactive ketones (excluding diaryl/α,β-unsaturated/α-hetero) is 1. The van der Waals surface area contributed by atoms with Crippen molar-refractivity contribution < 1.29 is 14.3 Å². The molecule has 0 radical (unpaired) electrons. The quantitative estimate of drug-likeness (QED) is 0.842. The molecule has 0 unspecified atom stereocenters. The maximum atomic E-state index is 11.9. The van der Waals surface area contributed by atoms with Crippen LogP contribution < -0.4 is 5.32 Å². The summed E-state index contributed by atoms with van der Waals surface area (Å²) >= 11 is 0. The van der Waals surface area contributed by atoms with E-state index in [0.717, 1.165) is 25.7 Å². The predicted molar refractivity (Wildman–Crippen MR) is 70.5 cm³/mol. The van der Waals surface area contributed by atoms with Crippen LogP contribution in [0.25, 0.3) is 0 Å². The number of ketones is 1. The lowest BCUT2D eigenvalue weighted by atomic mass is 9.78. The van der Waals surface area contributed by atoms with Crippen LogP contribution in [0.5, 0.6) is 0 Å². The van der Waals surface area contributed by atoms with Crippen molar-refractivity contribution in [3.05, 3.63) is 0 Å². The van der Waals surface area contributed by atoms with Gasteiger partial charge in [-0.15, -0.1) is 0 Å². The Morgan fingerprint density at radius 1 is 1.33 bits per heavy atom. The summed E-state index contributed by atoms with van der Waals surface area (Å²) in [6.07, 6.45) is 4.12. The van der Waals surface area contributed by atoms with E-state index in [1.54, 1.807) is 0 Å². The summed E-state index contributed by atoms with van der Waals surface area (Å²) in [5.41, 5.74) is -0.729. The smallest absolute Gasteiger partial charge is 0.408 e. The van der Waals surface area contributed by atoms with Crippen molar-refractivity contribution in [3.63, 3.8) is 0 Å². The Labute approximate surface area is 109 Å². The van der Waals surface area contributed by atoms with Crippen molar-refractivity contribution >= 4 is 11.9 Å². The van der Waals surface area contributed by atoms with Gasteiger partial charge in [0.05, 0.1) is 0 Å². The predicted octanol–water partition coefficient (Wildman–Crippen LogP) is 3.19. The minimum absolute atomic E-state index is 0.245. The molecule has 0 bridgehead atoms. The molecule has 0 aliphatic heterocycles. The van der Waals surface area contributed by atoms with Gasteiger partial charge in [0.25, 0.3) is 0 Å². The van der Waals surface area contributed by atoms with Crippen molar-refractivity contribution in [2.75, 3.05) is 0 Å². The average Bonchev–Trinajstić information content (AvgIpc) is 2.20. The molecule has 1 rings (SSSR count). The highest BCUT2D eigenvalue weighted by Crippen LogP contribution is 2.30. The molecule has 0 saturated heterocycles. The third kappa shape index (κ3) is 4.67. The van der Waals surface area contributed by atoms with Gasteiger partial charge in [-0.2, -0.15) is 0 Å². The molecule has 104 valence electrons. The van der Waals surface area contributed by atoms with E-state index in [-0.39, 0.29) is 11.6 Å². The molecule has 0 aromatic heterocycles. The zero-order valence-corrected chi connectivity index (χ0v) is 12.0. The maximum absolute atomic E-state index is 11.9. The highest BCUT2D eigenvalue weighted by molar-refractivity contribution is 5.80. The van der Waals surface area contributed by atoms with E-state index in [4.69, 9.17) is 4.74 Å². The Kier molecular flexibility index (Phi) is 4.77. The van der Waals surface area contributed by atoms with Crippen molar-refractivity contribution in [1.82, 2.24) is 5.32 Å². The summed E-state index contributed by atoms with van der Waals surface area (Å²) in [7, 11) is 0. The molecule has 0 spiro atoms. The highest BCUT2D eigenvalue weighted by Gasteiger charge is 2.36. The van der Waals surface area contributed by atoms with Crippen molar-refractivity contribution in [1.29, 1.82) is 0 Å². The number of ether oxygens (including phenoxy) is 1. The number of amides is 1. The second-order valence-corrected chi connectivity index (χ2v) is 6.20. The summed E-state index contributed by atoms with van der Waals surface area (Å²) in [6.45, 7) is 7.64. The summed E-state index contributed by atoms with van der Waals surface area (Å²) in [5, 5.41) is 3.00. The van der Waals surface area contributed by atoms with E-state index in [9.17, 15) is 9.59 Å². The fraction of sp³-hybridized carbons (Fsp3) is 0.857. The number of rotatable bonds is 3. The number of carbonyl (C=O) groups is 2. The Morgan fingerprint density at radius 2 is 1.89 bits per heavy atom. The monoisotopic (exact) mass is 255 g/mol. The van der Waals surface area contributed by atoms with E-state index in [1.807, 2.05) is 20.8 Å². The van der Waals surface area contributed by atoms with Crippen molar-refractivity contribution in [3.8, 4) is 0 Å². The van der Waals surface area contributed by atoms with Crippen LogP contribution in [-0.4, -0.2) is 23.0 Å². The van der Waals surface area contributed by atoms with E-state index < -0.39 is 5.60 Å². The molecule has 0 aromatic carbocycles. The Balaban J connectivity index is 2.62. The van der Waals surface area contributed by atoms with Gasteiger partial charge in [-0.3, -0.25) is 4.79 Å². The molecule has 0 aromatic rings. The minimum atomic E-state index is -0.484. The van der Waals surface area contributed by atoms with Gasteiger partial charge >= 0.3 is 6.09 Å². The average molecular weight is 255 g/mol. The lowest BCUT2D eigenvalue weighted by Gasteiger charge is -2.38. The molecule has 1 amide bonds. The summed E-state index contributed by atoms with van der Waals surface area (Å²) in [4.78, 5) is 23.2. The number of alkyl carbamates (subject to hydrolysis) is 1. The molecule has 18 heavy (non-hydrogen) atoms. The molecule has 1 aliphatic carbocycles. The van der Waals surface area contributed by atoms with Crippen LogP contribution in [0.1, 0.15) is 66.2 Å². The highest BCUT2D eigenvalue weighted by atomic mass is 16.6. The SMILES string of the molecule is CCCC1(NC(=O)OC(C)(C)C)CCC(=O)CC1. The topological polar surface area (TPSA) is 55.4 Å². The first kappa shape index (κ1) is 15.0. The van der Waals surface area contributed by atoms with E-state index in [2.05, 4.69) is 12.2 Å².